The van der Waals surface area contributed by atoms with Gasteiger partial charge in [-0.15, -0.1) is 0 Å². The number of esters is 1. The zero-order chi connectivity index (χ0) is 21.3. The minimum atomic E-state index is -3.20. The lowest BCUT2D eigenvalue weighted by molar-refractivity contribution is -0.144. The summed E-state index contributed by atoms with van der Waals surface area (Å²) in [6.45, 7) is 8.54. The standard InChI is InChI=1S/C20H34N2O5S/c1-19(2,3)17-12-15(22(6)21-17)16(23)13-27-18(24)20(4,5)28(25,26)14-10-8-7-9-11-14/h12,14,25-26H,7-11,13H2,1-6H3. The van der Waals surface area contributed by atoms with E-state index in [1.54, 1.807) is 13.1 Å². The van der Waals surface area contributed by atoms with Crippen LogP contribution in [0.15, 0.2) is 6.07 Å². The van der Waals surface area contributed by atoms with Crippen molar-refractivity contribution in [3.05, 3.63) is 17.5 Å². The van der Waals surface area contributed by atoms with Crippen molar-refractivity contribution in [3.8, 4) is 0 Å². The van der Waals surface area contributed by atoms with Crippen LogP contribution in [0, 0.1) is 0 Å². The first-order chi connectivity index (χ1) is 12.8. The molecule has 1 aromatic rings. The summed E-state index contributed by atoms with van der Waals surface area (Å²) in [5, 5.41) is 4.06. The molecule has 0 atom stereocenters. The number of nitrogens with zero attached hydrogens (tertiary/aromatic N) is 2. The third-order valence-corrected chi connectivity index (χ3v) is 8.60. The van der Waals surface area contributed by atoms with Crippen molar-refractivity contribution in [1.82, 2.24) is 9.78 Å². The second-order valence-corrected chi connectivity index (χ2v) is 12.0. The van der Waals surface area contributed by atoms with Gasteiger partial charge in [0.25, 0.3) is 0 Å². The summed E-state index contributed by atoms with van der Waals surface area (Å²) in [7, 11) is -1.53. The lowest BCUT2D eigenvalue weighted by Gasteiger charge is -2.50. The normalized spacial score (nSPS) is 17.4. The van der Waals surface area contributed by atoms with Gasteiger partial charge in [-0.1, -0.05) is 40.0 Å². The van der Waals surface area contributed by atoms with Crippen LogP contribution < -0.4 is 0 Å². The fraction of sp³-hybridized carbons (Fsp3) is 0.750. The van der Waals surface area contributed by atoms with E-state index in [0.29, 0.717) is 18.5 Å². The van der Waals surface area contributed by atoms with E-state index in [1.165, 1.54) is 18.5 Å². The van der Waals surface area contributed by atoms with Gasteiger partial charge in [0.05, 0.1) is 5.69 Å². The Morgan fingerprint density at radius 1 is 1.18 bits per heavy atom. The first-order valence-corrected chi connectivity index (χ1v) is 11.4. The van der Waals surface area contributed by atoms with Crippen LogP contribution in [0.3, 0.4) is 0 Å². The maximum absolute atomic E-state index is 12.6. The average molecular weight is 415 g/mol. The van der Waals surface area contributed by atoms with Crippen LogP contribution >= 0.6 is 10.6 Å². The monoisotopic (exact) mass is 414 g/mol. The van der Waals surface area contributed by atoms with Crippen LogP contribution in [0.25, 0.3) is 0 Å². The van der Waals surface area contributed by atoms with E-state index in [1.807, 2.05) is 20.8 Å². The van der Waals surface area contributed by atoms with Crippen LogP contribution in [-0.4, -0.2) is 47.2 Å². The lowest BCUT2D eigenvalue weighted by atomic mass is 9.92. The maximum atomic E-state index is 12.6. The predicted molar refractivity (Wildman–Crippen MR) is 111 cm³/mol. The van der Waals surface area contributed by atoms with Gasteiger partial charge in [0.1, 0.15) is 5.69 Å². The molecule has 0 amide bonds. The van der Waals surface area contributed by atoms with Gasteiger partial charge < -0.3 is 4.74 Å². The smallest absolute Gasteiger partial charge is 0.331 e. The number of rotatable bonds is 6. The van der Waals surface area contributed by atoms with Gasteiger partial charge in [-0.3, -0.25) is 18.6 Å². The molecular formula is C20H34N2O5S. The predicted octanol–water partition coefficient (Wildman–Crippen LogP) is 4.31. The Balaban J connectivity index is 2.06. The summed E-state index contributed by atoms with van der Waals surface area (Å²) < 4.78 is 26.8. The minimum absolute atomic E-state index is 0.203. The molecule has 1 aliphatic rings. The van der Waals surface area contributed by atoms with E-state index >= 15 is 0 Å². The fourth-order valence-corrected chi connectivity index (χ4v) is 5.53. The molecule has 28 heavy (non-hydrogen) atoms. The van der Waals surface area contributed by atoms with Crippen LogP contribution in [0.5, 0.6) is 0 Å². The summed E-state index contributed by atoms with van der Waals surface area (Å²) in [6, 6.07) is 1.71. The molecule has 1 saturated carbocycles. The summed E-state index contributed by atoms with van der Waals surface area (Å²) in [6.07, 6.45) is 4.33. The maximum Gasteiger partial charge on any atom is 0.331 e. The molecule has 1 fully saturated rings. The van der Waals surface area contributed by atoms with Crippen molar-refractivity contribution in [3.63, 3.8) is 0 Å². The van der Waals surface area contributed by atoms with Crippen LogP contribution in [0.4, 0.5) is 0 Å². The molecule has 0 unspecified atom stereocenters. The number of hydrogen-bond donors (Lipinski definition) is 2. The molecule has 1 aromatic heterocycles. The number of ketones is 1. The van der Waals surface area contributed by atoms with Gasteiger partial charge in [-0.2, -0.15) is 15.7 Å². The minimum Gasteiger partial charge on any atom is -0.456 e. The van der Waals surface area contributed by atoms with Crippen LogP contribution in [-0.2, 0) is 22.0 Å². The Morgan fingerprint density at radius 2 is 1.75 bits per heavy atom. The van der Waals surface area contributed by atoms with E-state index in [2.05, 4.69) is 5.10 Å². The zero-order valence-corrected chi connectivity index (χ0v) is 18.6. The second kappa shape index (κ2) is 8.16. The molecule has 0 saturated heterocycles. The molecule has 1 aliphatic carbocycles. The van der Waals surface area contributed by atoms with Crippen molar-refractivity contribution in [2.45, 2.75) is 82.1 Å². The van der Waals surface area contributed by atoms with E-state index in [4.69, 9.17) is 4.74 Å². The Labute approximate surface area is 169 Å². The van der Waals surface area contributed by atoms with Gasteiger partial charge in [0.15, 0.2) is 11.4 Å². The van der Waals surface area contributed by atoms with E-state index < -0.39 is 27.9 Å². The lowest BCUT2D eigenvalue weighted by Crippen LogP contribution is -2.44. The Bertz CT molecular complexity index is 727. The molecule has 8 heteroatoms. The first-order valence-electron chi connectivity index (χ1n) is 9.80. The van der Waals surface area contributed by atoms with Gasteiger partial charge in [0, 0.05) is 17.7 Å². The molecule has 0 bridgehead atoms. The number of Topliss-reactive ketones (excluding diaryl/α,β-unsaturated/α-hetero) is 1. The van der Waals surface area contributed by atoms with Crippen molar-refractivity contribution in [2.24, 2.45) is 7.05 Å². The second-order valence-electron chi connectivity index (χ2n) is 9.15. The van der Waals surface area contributed by atoms with Crippen molar-refractivity contribution < 1.29 is 23.4 Å². The topological polar surface area (TPSA) is 102 Å². The average Bonchev–Trinajstić information content (AvgIpc) is 3.02. The van der Waals surface area contributed by atoms with Crippen LogP contribution in [0.2, 0.25) is 0 Å². The highest BCUT2D eigenvalue weighted by Crippen LogP contribution is 2.60. The summed E-state index contributed by atoms with van der Waals surface area (Å²) in [4.78, 5) is 25.2. The van der Waals surface area contributed by atoms with Gasteiger partial charge >= 0.3 is 5.97 Å². The quantitative estimate of drug-likeness (QED) is 0.531. The number of aromatic nitrogens is 2. The number of ether oxygens (including phenoxy) is 1. The SMILES string of the molecule is Cn1nc(C(C)(C)C)cc1C(=O)COC(=O)C(C)(C)S(O)(O)C1CCCCC1. The molecule has 0 radical (unpaired) electrons. The third-order valence-electron chi connectivity index (χ3n) is 5.53. The molecule has 7 nitrogen and oxygen atoms in total. The highest BCUT2D eigenvalue weighted by Gasteiger charge is 2.47. The summed E-state index contributed by atoms with van der Waals surface area (Å²) in [5.74, 6) is -1.13. The Hall–Kier alpha value is -1.38. The number of carbonyl (C=O) groups excluding carboxylic acids is 2. The van der Waals surface area contributed by atoms with E-state index in [-0.39, 0.29) is 16.4 Å². The fourth-order valence-electron chi connectivity index (χ4n) is 3.41. The molecule has 0 aliphatic heterocycles. The van der Waals surface area contributed by atoms with Gasteiger partial charge in [-0.05, 0) is 32.8 Å². The number of hydrogen-bond acceptors (Lipinski definition) is 6. The molecule has 0 aromatic carbocycles. The highest BCUT2D eigenvalue weighted by molar-refractivity contribution is 8.26. The van der Waals surface area contributed by atoms with E-state index in [9.17, 15) is 18.7 Å². The van der Waals surface area contributed by atoms with Gasteiger partial charge in [0.2, 0.25) is 5.78 Å². The zero-order valence-electron chi connectivity index (χ0n) is 17.8. The van der Waals surface area contributed by atoms with Crippen molar-refractivity contribution in [2.75, 3.05) is 6.61 Å². The molecule has 1 heterocycles. The molecular weight excluding hydrogens is 380 g/mol. The summed E-state index contributed by atoms with van der Waals surface area (Å²) in [5.41, 5.74) is 0.928. The first kappa shape index (κ1) is 22.9. The highest BCUT2D eigenvalue weighted by atomic mass is 32.3. The van der Waals surface area contributed by atoms with Crippen molar-refractivity contribution >= 4 is 22.3 Å². The van der Waals surface area contributed by atoms with Gasteiger partial charge in [-0.25, -0.2) is 4.79 Å². The van der Waals surface area contributed by atoms with Crippen molar-refractivity contribution in [1.29, 1.82) is 0 Å². The Morgan fingerprint density at radius 3 is 2.25 bits per heavy atom. The number of carbonyl (C=O) groups is 2. The molecule has 160 valence electrons. The third kappa shape index (κ3) is 4.60. The largest absolute Gasteiger partial charge is 0.456 e. The van der Waals surface area contributed by atoms with E-state index in [0.717, 1.165) is 25.0 Å². The summed E-state index contributed by atoms with van der Waals surface area (Å²) >= 11 is 0. The van der Waals surface area contributed by atoms with Crippen LogP contribution in [0.1, 0.15) is 82.9 Å². The number of aryl methyl sites for hydroxylation is 1. The molecule has 0 spiro atoms. The molecule has 2 rings (SSSR count). The molecule has 2 N–H and O–H groups in total. The Kier molecular flexibility index (Phi) is 6.68.